The van der Waals surface area contributed by atoms with Crippen LogP contribution in [-0.4, -0.2) is 44.2 Å². The van der Waals surface area contributed by atoms with Gasteiger partial charge in [0, 0.05) is 32.5 Å². The van der Waals surface area contributed by atoms with Crippen molar-refractivity contribution in [2.24, 2.45) is 5.92 Å². The van der Waals surface area contributed by atoms with Crippen LogP contribution in [0.25, 0.3) is 0 Å². The molecule has 9 heteroatoms. The second kappa shape index (κ2) is 7.53. The van der Waals surface area contributed by atoms with Gasteiger partial charge in [0.15, 0.2) is 0 Å². The first-order valence-corrected chi connectivity index (χ1v) is 10.1. The van der Waals surface area contributed by atoms with Crippen LogP contribution in [0.3, 0.4) is 0 Å². The number of hydrogen-bond acceptors (Lipinski definition) is 5. The van der Waals surface area contributed by atoms with Gasteiger partial charge in [-0.3, -0.25) is 10.2 Å². The first-order chi connectivity index (χ1) is 12.8. The Morgan fingerprint density at radius 1 is 1.22 bits per heavy atom. The lowest BCUT2D eigenvalue weighted by Crippen LogP contribution is -2.25. The zero-order valence-electron chi connectivity index (χ0n) is 15.2. The van der Waals surface area contributed by atoms with Crippen LogP contribution in [0.5, 0.6) is 0 Å². The zero-order chi connectivity index (χ0) is 19.6. The van der Waals surface area contributed by atoms with E-state index in [-0.39, 0.29) is 21.9 Å². The van der Waals surface area contributed by atoms with Crippen molar-refractivity contribution in [1.82, 2.24) is 9.29 Å². The summed E-state index contributed by atoms with van der Waals surface area (Å²) in [5.74, 6) is 0.573. The highest BCUT2D eigenvalue weighted by Gasteiger charge is 2.22. The van der Waals surface area contributed by atoms with E-state index in [0.29, 0.717) is 17.3 Å². The Bertz CT molecular complexity index is 992. The fourth-order valence-corrected chi connectivity index (χ4v) is 3.48. The number of rotatable bonds is 7. The lowest BCUT2D eigenvalue weighted by atomic mass is 10.2. The van der Waals surface area contributed by atoms with Crippen LogP contribution < -0.4 is 16.2 Å². The van der Waals surface area contributed by atoms with E-state index in [4.69, 9.17) is 5.41 Å². The summed E-state index contributed by atoms with van der Waals surface area (Å²) in [6, 6.07) is 7.81. The quantitative estimate of drug-likeness (QED) is 0.426. The number of pyridine rings is 1. The molecule has 0 radical (unpaired) electrons. The minimum absolute atomic E-state index is 0.0571. The van der Waals surface area contributed by atoms with Crippen molar-refractivity contribution >= 4 is 27.2 Å². The number of hydrogen-bond donors (Lipinski definition) is 4. The van der Waals surface area contributed by atoms with Gasteiger partial charge in [-0.05, 0) is 49.1 Å². The summed E-state index contributed by atoms with van der Waals surface area (Å²) in [4.78, 5) is 15.0. The molecule has 8 nitrogen and oxygen atoms in total. The zero-order valence-corrected chi connectivity index (χ0v) is 16.1. The molecule has 4 N–H and O–H groups in total. The van der Waals surface area contributed by atoms with Crippen LogP contribution in [0.15, 0.2) is 46.2 Å². The maximum absolute atomic E-state index is 12.2. The minimum atomic E-state index is -3.51. The third-order valence-electron chi connectivity index (χ3n) is 4.39. The second-order valence-electron chi connectivity index (χ2n) is 6.73. The van der Waals surface area contributed by atoms with E-state index in [9.17, 15) is 13.2 Å². The summed E-state index contributed by atoms with van der Waals surface area (Å²) in [5.41, 5.74) is 0.993. The topological polar surface area (TPSA) is 118 Å². The molecule has 2 aromatic rings. The Labute approximate surface area is 158 Å². The highest BCUT2D eigenvalue weighted by atomic mass is 32.2. The van der Waals surface area contributed by atoms with Crippen LogP contribution in [-0.2, 0) is 10.0 Å². The van der Waals surface area contributed by atoms with Crippen molar-refractivity contribution in [2.45, 2.75) is 17.7 Å². The van der Waals surface area contributed by atoms with Gasteiger partial charge < -0.3 is 15.6 Å². The smallest absolute Gasteiger partial charge is 0.261 e. The number of aromatic nitrogens is 1. The number of benzene rings is 1. The third-order valence-corrected chi connectivity index (χ3v) is 6.22. The molecule has 1 aromatic heterocycles. The van der Waals surface area contributed by atoms with E-state index in [1.807, 2.05) is 0 Å². The van der Waals surface area contributed by atoms with Crippen molar-refractivity contribution in [2.75, 3.05) is 31.3 Å². The predicted octanol–water partition coefficient (Wildman–Crippen LogP) is 1.88. The average Bonchev–Trinajstić information content (AvgIpc) is 3.44. The molecule has 0 aliphatic heterocycles. The molecule has 1 saturated carbocycles. The fourth-order valence-electron chi connectivity index (χ4n) is 2.58. The molecule has 1 heterocycles. The fraction of sp³-hybridized carbons (Fsp3) is 0.333. The SMILES string of the molecule is CN(C)S(=O)(=O)c1ccc(NC(=N)c2c(NCC3CC3)cc[nH]c2=O)cc1. The Morgan fingerprint density at radius 3 is 2.48 bits per heavy atom. The lowest BCUT2D eigenvalue weighted by molar-refractivity contribution is 0.521. The minimum Gasteiger partial charge on any atom is -0.384 e. The monoisotopic (exact) mass is 389 g/mol. The average molecular weight is 389 g/mol. The molecule has 0 amide bonds. The van der Waals surface area contributed by atoms with Crippen molar-refractivity contribution in [3.63, 3.8) is 0 Å². The van der Waals surface area contributed by atoms with Crippen LogP contribution in [0.1, 0.15) is 18.4 Å². The van der Waals surface area contributed by atoms with Gasteiger partial charge in [-0.2, -0.15) is 0 Å². The van der Waals surface area contributed by atoms with Crippen LogP contribution >= 0.6 is 0 Å². The van der Waals surface area contributed by atoms with Gasteiger partial charge in [-0.25, -0.2) is 12.7 Å². The standard InChI is InChI=1S/C18H23N5O3S/c1-23(2)27(25,26)14-7-5-13(6-8-14)22-17(19)16-15(9-10-20-18(16)24)21-11-12-3-4-12/h5-10,12H,3-4,11H2,1-2H3,(H2,19,22)(H2,20,21,24). The van der Waals surface area contributed by atoms with Gasteiger partial charge in [-0.1, -0.05) is 0 Å². The van der Waals surface area contributed by atoms with Gasteiger partial charge in [0.1, 0.15) is 11.4 Å². The number of nitrogens with one attached hydrogen (secondary N) is 4. The molecule has 0 unspecified atom stereocenters. The summed E-state index contributed by atoms with van der Waals surface area (Å²) in [6.07, 6.45) is 3.92. The predicted molar refractivity (Wildman–Crippen MR) is 106 cm³/mol. The molecule has 0 bridgehead atoms. The molecular formula is C18H23N5O3S. The van der Waals surface area contributed by atoms with E-state index in [1.165, 1.54) is 39.1 Å². The van der Waals surface area contributed by atoms with E-state index in [1.54, 1.807) is 24.4 Å². The van der Waals surface area contributed by atoms with Gasteiger partial charge in [0.05, 0.1) is 10.6 Å². The molecule has 1 aliphatic rings. The highest BCUT2D eigenvalue weighted by Crippen LogP contribution is 2.29. The lowest BCUT2D eigenvalue weighted by Gasteiger charge is -2.14. The molecule has 0 saturated heterocycles. The molecule has 27 heavy (non-hydrogen) atoms. The van der Waals surface area contributed by atoms with Gasteiger partial charge >= 0.3 is 0 Å². The van der Waals surface area contributed by atoms with Crippen molar-refractivity contribution in [1.29, 1.82) is 5.41 Å². The number of nitrogens with zero attached hydrogens (tertiary/aromatic N) is 1. The Hall–Kier alpha value is -2.65. The molecule has 1 aliphatic carbocycles. The summed E-state index contributed by atoms with van der Waals surface area (Å²) >= 11 is 0. The van der Waals surface area contributed by atoms with E-state index in [0.717, 1.165) is 10.8 Å². The van der Waals surface area contributed by atoms with E-state index in [2.05, 4.69) is 15.6 Å². The maximum Gasteiger partial charge on any atom is 0.261 e. The van der Waals surface area contributed by atoms with Crippen molar-refractivity contribution in [3.8, 4) is 0 Å². The van der Waals surface area contributed by atoms with E-state index < -0.39 is 10.0 Å². The third kappa shape index (κ3) is 4.37. The second-order valence-corrected chi connectivity index (χ2v) is 8.88. The summed E-state index contributed by atoms with van der Waals surface area (Å²) < 4.78 is 25.4. The molecular weight excluding hydrogens is 366 g/mol. The first kappa shape index (κ1) is 19.1. The Kier molecular flexibility index (Phi) is 5.33. The van der Waals surface area contributed by atoms with E-state index >= 15 is 0 Å². The molecule has 1 aromatic carbocycles. The summed E-state index contributed by atoms with van der Waals surface area (Å²) in [5, 5.41) is 14.4. The van der Waals surface area contributed by atoms with Crippen molar-refractivity contribution in [3.05, 3.63) is 52.4 Å². The van der Waals surface area contributed by atoms with Crippen molar-refractivity contribution < 1.29 is 8.42 Å². The Morgan fingerprint density at radius 2 is 1.89 bits per heavy atom. The molecule has 3 rings (SSSR count). The molecule has 1 fully saturated rings. The van der Waals surface area contributed by atoms with Crippen LogP contribution in [0.2, 0.25) is 0 Å². The van der Waals surface area contributed by atoms with Gasteiger partial charge in [0.2, 0.25) is 10.0 Å². The highest BCUT2D eigenvalue weighted by molar-refractivity contribution is 7.89. The largest absolute Gasteiger partial charge is 0.384 e. The van der Waals surface area contributed by atoms with Crippen LogP contribution in [0.4, 0.5) is 11.4 Å². The number of sulfonamides is 1. The van der Waals surface area contributed by atoms with Crippen LogP contribution in [0, 0.1) is 11.3 Å². The summed E-state index contributed by atoms with van der Waals surface area (Å²) in [7, 11) is -0.576. The normalized spacial score (nSPS) is 14.2. The number of amidine groups is 1. The summed E-state index contributed by atoms with van der Waals surface area (Å²) in [6.45, 7) is 0.779. The molecule has 0 spiro atoms. The number of anilines is 2. The first-order valence-electron chi connectivity index (χ1n) is 8.63. The number of aromatic amines is 1. The molecule has 144 valence electrons. The number of H-pyrrole nitrogens is 1. The molecule has 0 atom stereocenters. The van der Waals surface area contributed by atoms with Gasteiger partial charge in [0.25, 0.3) is 5.56 Å². The van der Waals surface area contributed by atoms with Gasteiger partial charge in [-0.15, -0.1) is 0 Å². The maximum atomic E-state index is 12.2. The Balaban J connectivity index is 1.78.